The van der Waals surface area contributed by atoms with E-state index in [0.717, 1.165) is 12.0 Å². The monoisotopic (exact) mass is 402 g/mol. The van der Waals surface area contributed by atoms with Crippen LogP contribution in [0.15, 0.2) is 35.7 Å². The Hall–Kier alpha value is -1.96. The van der Waals surface area contributed by atoms with Gasteiger partial charge in [0.05, 0.1) is 6.61 Å². The summed E-state index contributed by atoms with van der Waals surface area (Å²) in [5.41, 5.74) is 8.62. The molecule has 0 saturated carbocycles. The highest BCUT2D eigenvalue weighted by atomic mass is 35.5. The van der Waals surface area contributed by atoms with Gasteiger partial charge in [-0.3, -0.25) is 10.6 Å². The molecule has 2 rings (SSSR count). The molecule has 1 saturated heterocycles. The van der Waals surface area contributed by atoms with Crippen molar-refractivity contribution in [2.45, 2.75) is 19.3 Å². The third-order valence-electron chi connectivity index (χ3n) is 3.94. The van der Waals surface area contributed by atoms with Crippen molar-refractivity contribution in [3.63, 3.8) is 0 Å². The Kier molecular flexibility index (Phi) is 9.26. The maximum atomic E-state index is 12.5. The molecule has 1 aliphatic heterocycles. The van der Waals surface area contributed by atoms with Crippen molar-refractivity contribution in [3.8, 4) is 0 Å². The first-order valence-electron chi connectivity index (χ1n) is 8.04. The van der Waals surface area contributed by atoms with E-state index in [1.165, 1.54) is 6.38 Å². The molecule has 0 aromatic heterocycles. The molecule has 0 radical (unpaired) electrons. The summed E-state index contributed by atoms with van der Waals surface area (Å²) in [5.74, 6) is 4.32. The number of nitrogens with two attached hydrogens (primary N) is 2. The lowest BCUT2D eigenvalue weighted by Crippen LogP contribution is -2.39. The fourth-order valence-corrected chi connectivity index (χ4v) is 2.80. The number of ether oxygens (including phenoxy) is 1. The minimum absolute atomic E-state index is 0.161. The molecule has 1 fully saturated rings. The van der Waals surface area contributed by atoms with Gasteiger partial charge in [-0.25, -0.2) is 4.79 Å². The Bertz CT molecular complexity index is 650. The van der Waals surface area contributed by atoms with Gasteiger partial charge in [0.25, 0.3) is 5.91 Å². The molecular formula is C17H24Cl2N4O3. The second-order valence-electron chi connectivity index (χ2n) is 5.44. The van der Waals surface area contributed by atoms with Crippen molar-refractivity contribution in [1.29, 1.82) is 0 Å². The van der Waals surface area contributed by atoms with E-state index < -0.39 is 11.9 Å². The van der Waals surface area contributed by atoms with Gasteiger partial charge in [0.1, 0.15) is 5.70 Å². The first kappa shape index (κ1) is 22.1. The number of nitrogens with one attached hydrogen (secondary N) is 1. The van der Waals surface area contributed by atoms with Gasteiger partial charge in [-0.15, -0.1) is 11.6 Å². The molecule has 5 N–H and O–H groups in total. The number of nitrogens with zero attached hydrogens (tertiary/aromatic N) is 1. The molecule has 1 aromatic carbocycles. The summed E-state index contributed by atoms with van der Waals surface area (Å²) in [6.45, 7) is 2.88. The minimum atomic E-state index is -0.751. The Morgan fingerprint density at radius 3 is 2.46 bits per heavy atom. The topological polar surface area (TPSA) is 111 Å². The zero-order valence-electron chi connectivity index (χ0n) is 14.8. The van der Waals surface area contributed by atoms with Crippen molar-refractivity contribution < 1.29 is 14.3 Å². The van der Waals surface area contributed by atoms with Crippen LogP contribution in [-0.4, -0.2) is 42.9 Å². The van der Waals surface area contributed by atoms with Gasteiger partial charge < -0.3 is 20.8 Å². The van der Waals surface area contributed by atoms with Crippen molar-refractivity contribution in [2.75, 3.05) is 26.1 Å². The van der Waals surface area contributed by atoms with Crippen LogP contribution in [0.4, 0.5) is 0 Å². The number of likely N-dealkylation sites (tertiary alicyclic amines) is 1. The van der Waals surface area contributed by atoms with Crippen LogP contribution in [0.2, 0.25) is 5.02 Å². The molecule has 144 valence electrons. The third kappa shape index (κ3) is 5.52. The smallest absolute Gasteiger partial charge is 0.358 e. The van der Waals surface area contributed by atoms with E-state index in [1.54, 1.807) is 11.8 Å². The molecular weight excluding hydrogens is 379 g/mol. The summed E-state index contributed by atoms with van der Waals surface area (Å²) < 4.78 is 4.83. The highest BCUT2D eigenvalue weighted by Crippen LogP contribution is 2.28. The third-order valence-corrected chi connectivity index (χ3v) is 4.19. The van der Waals surface area contributed by atoms with E-state index in [4.69, 9.17) is 27.9 Å². The molecule has 26 heavy (non-hydrogen) atoms. The van der Waals surface area contributed by atoms with Crippen LogP contribution in [0, 0.1) is 0 Å². The van der Waals surface area contributed by atoms with E-state index in [2.05, 4.69) is 17.0 Å². The van der Waals surface area contributed by atoms with Gasteiger partial charge in [-0.2, -0.15) is 0 Å². The lowest BCUT2D eigenvalue weighted by atomic mass is 9.99. The van der Waals surface area contributed by atoms with Gasteiger partial charge in [0.15, 0.2) is 5.70 Å². The number of esters is 1. The summed E-state index contributed by atoms with van der Waals surface area (Å²) >= 11 is 10.5. The van der Waals surface area contributed by atoms with Gasteiger partial charge in [0.2, 0.25) is 0 Å². The number of rotatable bonds is 5. The van der Waals surface area contributed by atoms with E-state index in [0.29, 0.717) is 18.1 Å². The highest BCUT2D eigenvalue weighted by molar-refractivity contribution is 6.30. The first-order valence-corrected chi connectivity index (χ1v) is 9.17. The molecule has 1 amide bonds. The summed E-state index contributed by atoms with van der Waals surface area (Å²) in [7, 11) is 0. The normalized spacial score (nSPS) is 17.0. The summed E-state index contributed by atoms with van der Waals surface area (Å²) in [5, 5.41) is 0.671. The largest absolute Gasteiger partial charge is 0.461 e. The molecule has 0 aliphatic carbocycles. The zero-order valence-corrected chi connectivity index (χ0v) is 16.3. The molecule has 1 aliphatic rings. The van der Waals surface area contributed by atoms with Gasteiger partial charge in [-0.05, 0) is 31.0 Å². The molecule has 1 heterocycles. The predicted octanol–water partition coefficient (Wildman–Crippen LogP) is 1.71. The van der Waals surface area contributed by atoms with Crippen molar-refractivity contribution in [1.82, 2.24) is 10.3 Å². The standard InChI is InChI=1S/C16H21ClN4O3.CH3Cl/c1-2-24-16(23)14(20-19)13(18)15(22)21-8-7-11(9-21)10-3-5-12(17)6-4-10;1-2/h3-6,11,20H,2,7-9,18-19H2,1H3;1H3/b14-13-;. The number of hydrogen-bond donors (Lipinski definition) is 3. The fraction of sp³-hybridized carbons (Fsp3) is 0.412. The van der Waals surface area contributed by atoms with Crippen LogP contribution < -0.4 is 17.0 Å². The van der Waals surface area contributed by atoms with Gasteiger partial charge in [-0.1, -0.05) is 23.7 Å². The van der Waals surface area contributed by atoms with E-state index in [-0.39, 0.29) is 23.9 Å². The van der Waals surface area contributed by atoms with Crippen LogP contribution in [0.5, 0.6) is 0 Å². The van der Waals surface area contributed by atoms with Crippen molar-refractivity contribution in [3.05, 3.63) is 46.2 Å². The van der Waals surface area contributed by atoms with Crippen LogP contribution in [0.1, 0.15) is 24.8 Å². The average Bonchev–Trinajstić information content (AvgIpc) is 3.14. The number of hydrazine groups is 1. The summed E-state index contributed by atoms with van der Waals surface area (Å²) in [4.78, 5) is 25.9. The molecule has 0 spiro atoms. The predicted molar refractivity (Wildman–Crippen MR) is 102 cm³/mol. The second-order valence-corrected chi connectivity index (χ2v) is 5.88. The first-order chi connectivity index (χ1) is 12.5. The Labute approximate surface area is 163 Å². The number of carbonyl (C=O) groups is 2. The van der Waals surface area contributed by atoms with Gasteiger partial charge in [0, 0.05) is 30.4 Å². The van der Waals surface area contributed by atoms with Crippen molar-refractivity contribution in [2.24, 2.45) is 11.6 Å². The number of halogens is 2. The van der Waals surface area contributed by atoms with Gasteiger partial charge >= 0.3 is 5.97 Å². The van der Waals surface area contributed by atoms with Crippen LogP contribution >= 0.6 is 23.2 Å². The number of carbonyl (C=O) groups excluding carboxylic acids is 2. The number of benzene rings is 1. The second kappa shape index (κ2) is 10.9. The van der Waals surface area contributed by atoms with Crippen LogP contribution in [0.3, 0.4) is 0 Å². The fourth-order valence-electron chi connectivity index (χ4n) is 2.68. The minimum Gasteiger partial charge on any atom is -0.461 e. The molecule has 1 atom stereocenters. The maximum Gasteiger partial charge on any atom is 0.358 e. The average molecular weight is 403 g/mol. The number of amides is 1. The molecule has 7 nitrogen and oxygen atoms in total. The maximum absolute atomic E-state index is 12.5. The van der Waals surface area contributed by atoms with Crippen molar-refractivity contribution >= 4 is 35.1 Å². The zero-order chi connectivity index (χ0) is 19.7. The number of hydrogen-bond acceptors (Lipinski definition) is 6. The summed E-state index contributed by atoms with van der Waals surface area (Å²) in [6, 6.07) is 7.55. The lowest BCUT2D eigenvalue weighted by molar-refractivity contribution is -0.139. The summed E-state index contributed by atoms with van der Waals surface area (Å²) in [6.07, 6.45) is 2.28. The Balaban J connectivity index is 0.00000163. The quantitative estimate of drug-likeness (QED) is 0.227. The van der Waals surface area contributed by atoms with Crippen LogP contribution in [0.25, 0.3) is 0 Å². The van der Waals surface area contributed by atoms with E-state index in [1.807, 2.05) is 24.3 Å². The number of alkyl halides is 1. The molecule has 1 aromatic rings. The van der Waals surface area contributed by atoms with Crippen LogP contribution in [-0.2, 0) is 14.3 Å². The van der Waals surface area contributed by atoms with E-state index in [9.17, 15) is 9.59 Å². The molecule has 9 heteroatoms. The lowest BCUT2D eigenvalue weighted by Gasteiger charge is -2.18. The SMILES string of the molecule is CCOC(=O)/C(NN)=C(/N)C(=O)N1CCC(c2ccc(Cl)cc2)C1.CCl. The van der Waals surface area contributed by atoms with E-state index >= 15 is 0 Å². The highest BCUT2D eigenvalue weighted by Gasteiger charge is 2.30. The Morgan fingerprint density at radius 2 is 1.92 bits per heavy atom. The molecule has 1 unspecified atom stereocenters. The Morgan fingerprint density at radius 1 is 1.31 bits per heavy atom. The molecule has 0 bridgehead atoms.